The summed E-state index contributed by atoms with van der Waals surface area (Å²) >= 11 is 17.4. The van der Waals surface area contributed by atoms with Crippen molar-refractivity contribution < 1.29 is 29.0 Å². The lowest BCUT2D eigenvalue weighted by molar-refractivity contribution is -0.113. The van der Waals surface area contributed by atoms with Crippen LogP contribution in [0.2, 0.25) is 10.0 Å². The maximum absolute atomic E-state index is 10.3. The third-order valence-electron chi connectivity index (χ3n) is 3.07. The quantitative estimate of drug-likeness (QED) is 0.141. The van der Waals surface area contributed by atoms with Gasteiger partial charge in [0.15, 0.2) is 0 Å². The average Bonchev–Trinajstić information content (AvgIpc) is 2.85. The van der Waals surface area contributed by atoms with Gasteiger partial charge in [0.2, 0.25) is 0 Å². The standard InChI is InChI=1S/C10H9BrClNO2.C7H8ClNO.C3H3BrO2.C2H6O/c1-15-10-4-8(2-3-9(10)12)13-5-7(11)6-14;1-10-7-4-5(9)2-3-6(7)8;4-3(1-5)2-6;1-2-3/h2-7H,1H3;2-4H,9H2,1H3;1-3H;3H,2H2,1H3. The number of rotatable bonds is 7. The molecular formula is C22H26Br2Cl2N2O6. The fraction of sp³-hybridized carbons (Fsp3) is 0.273. The van der Waals surface area contributed by atoms with Crippen LogP contribution in [-0.2, 0) is 14.4 Å². The summed E-state index contributed by atoms with van der Waals surface area (Å²) in [6.07, 6.45) is 3.28. The highest BCUT2D eigenvalue weighted by Gasteiger charge is 2.01. The molecule has 12 heteroatoms. The normalized spacial score (nSPS) is 10.4. The van der Waals surface area contributed by atoms with E-state index >= 15 is 0 Å². The third-order valence-corrected chi connectivity index (χ3v) is 4.57. The number of nitrogens with zero attached hydrogens (tertiary/aromatic N) is 1. The summed E-state index contributed by atoms with van der Waals surface area (Å²) in [6.45, 7) is 1.93. The molecule has 188 valence electrons. The Morgan fingerprint density at radius 2 is 1.38 bits per heavy atom. The number of benzene rings is 2. The van der Waals surface area contributed by atoms with Crippen molar-refractivity contribution in [3.05, 3.63) is 46.4 Å². The molecule has 0 heterocycles. The number of aliphatic hydroxyl groups is 1. The smallest absolute Gasteiger partial charge is 0.140 e. The largest absolute Gasteiger partial charge is 0.495 e. The number of nitrogen functional groups attached to an aromatic ring is 1. The highest BCUT2D eigenvalue weighted by Crippen LogP contribution is 2.28. The minimum atomic E-state index is -0.613. The van der Waals surface area contributed by atoms with Gasteiger partial charge in [0.1, 0.15) is 40.0 Å². The number of aliphatic imine (C=N–C) groups is 1. The first-order valence-corrected chi connectivity index (χ1v) is 11.9. The van der Waals surface area contributed by atoms with Gasteiger partial charge in [-0.2, -0.15) is 0 Å². The van der Waals surface area contributed by atoms with Crippen LogP contribution in [0, 0.1) is 0 Å². The van der Waals surface area contributed by atoms with E-state index in [1.54, 1.807) is 50.4 Å². The van der Waals surface area contributed by atoms with Crippen LogP contribution in [0.5, 0.6) is 11.5 Å². The first-order chi connectivity index (χ1) is 16.1. The number of hydrogen-bond donors (Lipinski definition) is 2. The highest BCUT2D eigenvalue weighted by molar-refractivity contribution is 9.10. The summed E-state index contributed by atoms with van der Waals surface area (Å²) in [5.41, 5.74) is 6.80. The van der Waals surface area contributed by atoms with Crippen molar-refractivity contribution >= 4 is 91.5 Å². The summed E-state index contributed by atoms with van der Waals surface area (Å²) in [4.78, 5) is 32.3. The number of methoxy groups -OCH3 is 2. The second-order valence-corrected chi connectivity index (χ2v) is 8.53. The van der Waals surface area contributed by atoms with Crippen LogP contribution >= 0.6 is 55.1 Å². The first-order valence-electron chi connectivity index (χ1n) is 9.35. The summed E-state index contributed by atoms with van der Waals surface area (Å²) in [6, 6.07) is 10.2. The summed E-state index contributed by atoms with van der Waals surface area (Å²) in [7, 11) is 3.09. The van der Waals surface area contributed by atoms with E-state index in [0.29, 0.717) is 45.5 Å². The maximum atomic E-state index is 10.3. The molecule has 34 heavy (non-hydrogen) atoms. The van der Waals surface area contributed by atoms with E-state index in [2.05, 4.69) is 36.9 Å². The number of nitrogens with two attached hydrogens (primary N) is 1. The second-order valence-electron chi connectivity index (χ2n) is 5.60. The molecule has 0 saturated heterocycles. The molecule has 0 saturated carbocycles. The zero-order chi connectivity index (χ0) is 26.5. The van der Waals surface area contributed by atoms with Crippen molar-refractivity contribution in [3.8, 4) is 11.5 Å². The fourth-order valence-electron chi connectivity index (χ4n) is 1.63. The molecule has 0 fully saturated rings. The summed E-state index contributed by atoms with van der Waals surface area (Å²) in [5.74, 6) is 1.17. The Morgan fingerprint density at radius 1 is 0.941 bits per heavy atom. The van der Waals surface area contributed by atoms with E-state index in [9.17, 15) is 14.4 Å². The van der Waals surface area contributed by atoms with E-state index in [1.807, 2.05) is 0 Å². The molecule has 3 N–H and O–H groups in total. The molecule has 8 nitrogen and oxygen atoms in total. The number of alkyl halides is 2. The van der Waals surface area contributed by atoms with Gasteiger partial charge in [0, 0.05) is 30.6 Å². The number of aliphatic hydroxyl groups excluding tert-OH is 1. The van der Waals surface area contributed by atoms with Gasteiger partial charge in [-0.25, -0.2) is 0 Å². The molecule has 0 radical (unpaired) electrons. The molecule has 1 atom stereocenters. The lowest BCUT2D eigenvalue weighted by Gasteiger charge is -2.03. The van der Waals surface area contributed by atoms with Gasteiger partial charge in [-0.3, -0.25) is 4.99 Å². The molecule has 0 aliphatic heterocycles. The van der Waals surface area contributed by atoms with Crippen molar-refractivity contribution in [2.75, 3.05) is 26.6 Å². The topological polar surface area (TPSA) is 128 Å². The molecule has 0 aliphatic carbocycles. The Bertz CT molecular complexity index is 896. The van der Waals surface area contributed by atoms with Crippen LogP contribution in [0.1, 0.15) is 6.92 Å². The first kappa shape index (κ1) is 34.2. The molecular weight excluding hydrogens is 619 g/mol. The van der Waals surface area contributed by atoms with Crippen LogP contribution in [0.3, 0.4) is 0 Å². The molecule has 0 amide bonds. The van der Waals surface area contributed by atoms with Crippen molar-refractivity contribution in [2.24, 2.45) is 4.99 Å². The Hall–Kier alpha value is -1.98. The van der Waals surface area contributed by atoms with Crippen LogP contribution in [-0.4, -0.2) is 60.7 Å². The van der Waals surface area contributed by atoms with Crippen LogP contribution < -0.4 is 15.2 Å². The maximum Gasteiger partial charge on any atom is 0.140 e. The Labute approximate surface area is 225 Å². The van der Waals surface area contributed by atoms with Gasteiger partial charge in [0.05, 0.1) is 30.0 Å². The van der Waals surface area contributed by atoms with Crippen molar-refractivity contribution in [3.63, 3.8) is 0 Å². The molecule has 0 bridgehead atoms. The van der Waals surface area contributed by atoms with Crippen molar-refractivity contribution in [2.45, 2.75) is 16.6 Å². The molecule has 0 aromatic heterocycles. The Balaban J connectivity index is 0. The summed E-state index contributed by atoms with van der Waals surface area (Å²) in [5, 5.41) is 8.68. The van der Waals surface area contributed by atoms with Gasteiger partial charge in [-0.15, -0.1) is 0 Å². The second kappa shape index (κ2) is 21.5. The van der Waals surface area contributed by atoms with Gasteiger partial charge in [-0.05, 0) is 31.2 Å². The molecule has 2 aromatic rings. The third kappa shape index (κ3) is 16.6. The average molecular weight is 645 g/mol. The number of carbonyl (C=O) groups is 3. The number of ether oxygens (including phenoxy) is 2. The lowest BCUT2D eigenvalue weighted by atomic mass is 10.3. The molecule has 0 aliphatic rings. The highest BCUT2D eigenvalue weighted by atomic mass is 79.9. The van der Waals surface area contributed by atoms with E-state index in [1.165, 1.54) is 13.3 Å². The summed E-state index contributed by atoms with van der Waals surface area (Å²) < 4.78 is 9.95. The predicted octanol–water partition coefficient (Wildman–Crippen LogP) is 5.09. The van der Waals surface area contributed by atoms with E-state index in [-0.39, 0.29) is 11.4 Å². The van der Waals surface area contributed by atoms with Gasteiger partial charge < -0.3 is 34.7 Å². The molecule has 2 rings (SSSR count). The van der Waals surface area contributed by atoms with Crippen molar-refractivity contribution in [1.82, 2.24) is 0 Å². The lowest BCUT2D eigenvalue weighted by Crippen LogP contribution is -1.98. The van der Waals surface area contributed by atoms with E-state index in [0.717, 1.165) is 6.29 Å². The van der Waals surface area contributed by atoms with Gasteiger partial charge in [-0.1, -0.05) is 55.1 Å². The van der Waals surface area contributed by atoms with Crippen molar-refractivity contribution in [1.29, 1.82) is 0 Å². The van der Waals surface area contributed by atoms with E-state index in [4.69, 9.17) is 43.5 Å². The zero-order valence-electron chi connectivity index (χ0n) is 18.7. The Morgan fingerprint density at radius 3 is 1.76 bits per heavy atom. The van der Waals surface area contributed by atoms with Crippen LogP contribution in [0.25, 0.3) is 0 Å². The number of hydrogen-bond acceptors (Lipinski definition) is 8. The zero-order valence-corrected chi connectivity index (χ0v) is 23.3. The van der Waals surface area contributed by atoms with Gasteiger partial charge >= 0.3 is 0 Å². The van der Waals surface area contributed by atoms with Gasteiger partial charge in [0.25, 0.3) is 0 Å². The fourth-order valence-corrected chi connectivity index (χ4v) is 2.14. The SMILES string of the molecule is CCO.COc1cc(N)ccc1Cl.COc1cc(N=CC(Br)C=O)ccc1Cl.O=CC(Br)C=O. The minimum absolute atomic E-state index is 0.250. The Kier molecular flexibility index (Phi) is 21.7. The molecule has 0 spiro atoms. The molecule has 1 unspecified atom stereocenters. The van der Waals surface area contributed by atoms with E-state index < -0.39 is 4.83 Å². The van der Waals surface area contributed by atoms with Crippen LogP contribution in [0.4, 0.5) is 11.4 Å². The monoisotopic (exact) mass is 642 g/mol. The van der Waals surface area contributed by atoms with Crippen LogP contribution in [0.15, 0.2) is 41.4 Å². The number of halogens is 4. The number of aldehydes is 3. The predicted molar refractivity (Wildman–Crippen MR) is 145 cm³/mol. The molecule has 2 aromatic carbocycles. The number of carbonyl (C=O) groups excluding carboxylic acids is 3. The number of anilines is 1. The minimum Gasteiger partial charge on any atom is -0.495 e.